The van der Waals surface area contributed by atoms with Crippen LogP contribution < -0.4 is 10.9 Å². The Hall–Kier alpha value is -2.74. The minimum atomic E-state index is -0.848. The summed E-state index contributed by atoms with van der Waals surface area (Å²) in [7, 11) is 0. The molecule has 0 aliphatic rings. The summed E-state index contributed by atoms with van der Waals surface area (Å²) in [4.78, 5) is 29.5. The monoisotopic (exact) mass is 403 g/mol. The number of nitrogens with zero attached hydrogens (tertiary/aromatic N) is 2. The summed E-state index contributed by atoms with van der Waals surface area (Å²) in [6, 6.07) is 9.97. The Kier molecular flexibility index (Phi) is 6.08. The van der Waals surface area contributed by atoms with E-state index in [1.165, 1.54) is 0 Å². The topological polar surface area (TPSA) is 64.0 Å². The number of hydrogen-bond donors (Lipinski definition) is 1. The van der Waals surface area contributed by atoms with Gasteiger partial charge in [0.1, 0.15) is 11.6 Å². The van der Waals surface area contributed by atoms with Crippen molar-refractivity contribution in [1.82, 2.24) is 9.55 Å². The molecule has 8 heteroatoms. The summed E-state index contributed by atoms with van der Waals surface area (Å²) in [6.07, 6.45) is 0. The first kappa shape index (κ1) is 20.0. The van der Waals surface area contributed by atoms with Gasteiger partial charge in [0.25, 0.3) is 5.56 Å². The van der Waals surface area contributed by atoms with Crippen LogP contribution in [0.3, 0.4) is 0 Å². The van der Waals surface area contributed by atoms with Crippen LogP contribution in [0.4, 0.5) is 14.5 Å². The molecule has 0 radical (unpaired) electrons. The fourth-order valence-corrected chi connectivity index (χ4v) is 3.50. The molecule has 28 heavy (non-hydrogen) atoms. The first-order valence-electron chi connectivity index (χ1n) is 8.72. The second-order valence-electron chi connectivity index (χ2n) is 6.68. The fourth-order valence-electron chi connectivity index (χ4n) is 2.69. The maximum absolute atomic E-state index is 13.7. The zero-order valence-electron chi connectivity index (χ0n) is 15.4. The number of aromatic nitrogens is 2. The van der Waals surface area contributed by atoms with E-state index in [-0.39, 0.29) is 22.9 Å². The molecule has 0 atom stereocenters. The number of fused-ring (bicyclic) bond motifs is 1. The van der Waals surface area contributed by atoms with Crippen molar-refractivity contribution in [2.75, 3.05) is 11.1 Å². The quantitative estimate of drug-likeness (QED) is 0.498. The molecule has 5 nitrogen and oxygen atoms in total. The number of para-hydroxylation sites is 1. The Balaban J connectivity index is 1.82. The van der Waals surface area contributed by atoms with E-state index in [0.717, 1.165) is 23.9 Å². The van der Waals surface area contributed by atoms with Crippen LogP contribution in [0.2, 0.25) is 0 Å². The van der Waals surface area contributed by atoms with E-state index in [2.05, 4.69) is 10.3 Å². The second-order valence-corrected chi connectivity index (χ2v) is 7.62. The Morgan fingerprint density at radius 3 is 2.68 bits per heavy atom. The van der Waals surface area contributed by atoms with Gasteiger partial charge >= 0.3 is 0 Å². The molecule has 0 saturated heterocycles. The van der Waals surface area contributed by atoms with Gasteiger partial charge < -0.3 is 5.32 Å². The number of rotatable bonds is 6. The van der Waals surface area contributed by atoms with Crippen molar-refractivity contribution in [2.45, 2.75) is 25.5 Å². The van der Waals surface area contributed by atoms with Crippen molar-refractivity contribution in [3.05, 3.63) is 64.5 Å². The van der Waals surface area contributed by atoms with Crippen molar-refractivity contribution in [1.29, 1.82) is 0 Å². The third kappa shape index (κ3) is 4.56. The molecule has 0 bridgehead atoms. The van der Waals surface area contributed by atoms with Gasteiger partial charge in [-0.2, -0.15) is 0 Å². The van der Waals surface area contributed by atoms with Crippen LogP contribution in [0.25, 0.3) is 10.9 Å². The van der Waals surface area contributed by atoms with Crippen molar-refractivity contribution >= 4 is 34.3 Å². The van der Waals surface area contributed by atoms with Gasteiger partial charge in [0.15, 0.2) is 5.16 Å². The van der Waals surface area contributed by atoms with E-state index in [1.54, 1.807) is 28.8 Å². The molecule has 146 valence electrons. The van der Waals surface area contributed by atoms with Crippen LogP contribution >= 0.6 is 11.8 Å². The highest BCUT2D eigenvalue weighted by atomic mass is 32.2. The van der Waals surface area contributed by atoms with Crippen molar-refractivity contribution < 1.29 is 13.6 Å². The summed E-state index contributed by atoms with van der Waals surface area (Å²) in [5.74, 6) is -1.90. The van der Waals surface area contributed by atoms with Crippen LogP contribution in [-0.2, 0) is 11.3 Å². The average molecular weight is 403 g/mol. The van der Waals surface area contributed by atoms with Gasteiger partial charge in [0.05, 0.1) is 22.3 Å². The van der Waals surface area contributed by atoms with Crippen LogP contribution in [0.1, 0.15) is 13.8 Å². The lowest BCUT2D eigenvalue weighted by molar-refractivity contribution is -0.113. The minimum Gasteiger partial charge on any atom is -0.323 e. The lowest BCUT2D eigenvalue weighted by atomic mass is 10.2. The molecule has 0 aliphatic carbocycles. The molecule has 1 heterocycles. The third-order valence-corrected chi connectivity index (χ3v) is 4.89. The highest BCUT2D eigenvalue weighted by Crippen LogP contribution is 2.20. The smallest absolute Gasteiger partial charge is 0.262 e. The Morgan fingerprint density at radius 2 is 1.96 bits per heavy atom. The molecule has 3 rings (SSSR count). The van der Waals surface area contributed by atoms with E-state index in [4.69, 9.17) is 0 Å². The number of benzene rings is 2. The van der Waals surface area contributed by atoms with E-state index in [1.807, 2.05) is 13.8 Å². The molecule has 1 amide bonds. The molecular formula is C20H19F2N3O2S. The minimum absolute atomic E-state index is 0.0698. The lowest BCUT2D eigenvalue weighted by Gasteiger charge is -2.15. The average Bonchev–Trinajstić information content (AvgIpc) is 2.65. The predicted molar refractivity (Wildman–Crippen MR) is 107 cm³/mol. The van der Waals surface area contributed by atoms with Gasteiger partial charge in [-0.15, -0.1) is 0 Å². The molecule has 1 aromatic heterocycles. The SMILES string of the molecule is CC(C)Cn1c(SCC(=O)Nc2ccc(F)cc2F)nc2ccccc2c1=O. The van der Waals surface area contributed by atoms with Crippen LogP contribution in [-0.4, -0.2) is 21.2 Å². The zero-order valence-corrected chi connectivity index (χ0v) is 16.2. The number of carbonyl (C=O) groups excluding carboxylic acids is 1. The maximum Gasteiger partial charge on any atom is 0.262 e. The van der Waals surface area contributed by atoms with Gasteiger partial charge in [-0.3, -0.25) is 14.2 Å². The summed E-state index contributed by atoms with van der Waals surface area (Å²) >= 11 is 1.10. The van der Waals surface area contributed by atoms with Gasteiger partial charge in [0.2, 0.25) is 5.91 Å². The fraction of sp³-hybridized carbons (Fsp3) is 0.250. The number of halogens is 2. The number of amides is 1. The molecule has 0 fully saturated rings. The largest absolute Gasteiger partial charge is 0.323 e. The molecule has 3 aromatic rings. The molecule has 0 saturated carbocycles. The predicted octanol–water partition coefficient (Wildman–Crippen LogP) is 4.06. The van der Waals surface area contributed by atoms with Crippen LogP contribution in [0, 0.1) is 17.6 Å². The van der Waals surface area contributed by atoms with E-state index in [9.17, 15) is 18.4 Å². The van der Waals surface area contributed by atoms with Crippen LogP contribution in [0.15, 0.2) is 52.4 Å². The highest BCUT2D eigenvalue weighted by molar-refractivity contribution is 7.99. The number of nitrogens with one attached hydrogen (secondary N) is 1. The molecule has 2 aromatic carbocycles. The Morgan fingerprint density at radius 1 is 1.21 bits per heavy atom. The first-order valence-corrected chi connectivity index (χ1v) is 9.71. The molecule has 0 spiro atoms. The summed E-state index contributed by atoms with van der Waals surface area (Å²) in [5, 5.41) is 3.35. The van der Waals surface area contributed by atoms with Gasteiger partial charge in [-0.1, -0.05) is 37.7 Å². The maximum atomic E-state index is 13.7. The summed E-state index contributed by atoms with van der Waals surface area (Å²) in [6.45, 7) is 4.44. The normalized spacial score (nSPS) is 11.2. The first-order chi connectivity index (χ1) is 13.3. The van der Waals surface area contributed by atoms with Gasteiger partial charge in [0, 0.05) is 12.6 Å². The number of thioether (sulfide) groups is 1. The second kappa shape index (κ2) is 8.52. The summed E-state index contributed by atoms with van der Waals surface area (Å²) in [5.41, 5.74) is 0.296. The third-order valence-electron chi connectivity index (χ3n) is 3.91. The van der Waals surface area contributed by atoms with Crippen molar-refractivity contribution in [2.24, 2.45) is 5.92 Å². The Labute approximate surface area is 164 Å². The van der Waals surface area contributed by atoms with E-state index >= 15 is 0 Å². The molecule has 1 N–H and O–H groups in total. The highest BCUT2D eigenvalue weighted by Gasteiger charge is 2.15. The zero-order chi connectivity index (χ0) is 20.3. The van der Waals surface area contributed by atoms with Gasteiger partial charge in [-0.25, -0.2) is 13.8 Å². The summed E-state index contributed by atoms with van der Waals surface area (Å²) < 4.78 is 28.2. The van der Waals surface area contributed by atoms with Crippen LogP contribution in [0.5, 0.6) is 0 Å². The molecular weight excluding hydrogens is 384 g/mol. The number of carbonyl (C=O) groups is 1. The number of hydrogen-bond acceptors (Lipinski definition) is 4. The lowest BCUT2D eigenvalue weighted by Crippen LogP contribution is -2.26. The van der Waals surface area contributed by atoms with E-state index in [0.29, 0.717) is 28.7 Å². The molecule has 0 unspecified atom stereocenters. The van der Waals surface area contributed by atoms with Gasteiger partial charge in [-0.05, 0) is 30.2 Å². The standard InChI is InChI=1S/C20H19F2N3O2S/c1-12(2)10-25-19(27)14-5-3-4-6-16(14)24-20(25)28-11-18(26)23-17-8-7-13(21)9-15(17)22/h3-9,12H,10-11H2,1-2H3,(H,23,26). The molecule has 0 aliphatic heterocycles. The van der Waals surface area contributed by atoms with E-state index < -0.39 is 17.5 Å². The Bertz CT molecular complexity index is 1080. The van der Waals surface area contributed by atoms with Crippen molar-refractivity contribution in [3.63, 3.8) is 0 Å². The number of anilines is 1. The van der Waals surface area contributed by atoms with Crippen molar-refractivity contribution in [3.8, 4) is 0 Å².